The third kappa shape index (κ3) is 4.70. The quantitative estimate of drug-likeness (QED) is 0.861. The van der Waals surface area contributed by atoms with Crippen LogP contribution in [0.4, 0.5) is 5.69 Å². The highest BCUT2D eigenvalue weighted by atomic mass is 35.5. The normalized spacial score (nSPS) is 17.6. The molecule has 0 aromatic heterocycles. The Morgan fingerprint density at radius 2 is 2.16 bits per heavy atom. The van der Waals surface area contributed by atoms with Crippen molar-refractivity contribution in [2.45, 2.75) is 18.9 Å². The monoisotopic (exact) mass is 286 g/mol. The number of hydrogen-bond donors (Lipinski definition) is 2. The first-order chi connectivity index (χ1) is 8.79. The minimum atomic E-state index is -0.307. The van der Waals surface area contributed by atoms with Crippen LogP contribution in [0, 0.1) is 0 Å². The molecule has 1 heterocycles. The van der Waals surface area contributed by atoms with Crippen LogP contribution < -0.4 is 15.8 Å². The van der Waals surface area contributed by atoms with E-state index in [0.717, 1.165) is 24.3 Å². The lowest BCUT2D eigenvalue weighted by Crippen LogP contribution is -2.26. The molecule has 0 bridgehead atoms. The van der Waals surface area contributed by atoms with Crippen molar-refractivity contribution in [1.29, 1.82) is 0 Å². The predicted molar refractivity (Wildman–Crippen MR) is 75.8 cm³/mol. The van der Waals surface area contributed by atoms with E-state index in [-0.39, 0.29) is 24.4 Å². The standard InChI is InChI=1S/C13H18N2O3.ClH/c14-7-9-17-11-5-3-10(4-6-11)15-13(16)12-2-1-8-18-12;/h3-6,12H,1-2,7-9,14H2,(H,15,16);1H/t12-;/m0./s1. The summed E-state index contributed by atoms with van der Waals surface area (Å²) in [6, 6.07) is 7.22. The average molecular weight is 287 g/mol. The number of benzene rings is 1. The highest BCUT2D eigenvalue weighted by Gasteiger charge is 2.23. The van der Waals surface area contributed by atoms with Gasteiger partial charge in [0.15, 0.2) is 0 Å². The molecule has 0 saturated carbocycles. The maximum atomic E-state index is 11.8. The summed E-state index contributed by atoms with van der Waals surface area (Å²) >= 11 is 0. The lowest BCUT2D eigenvalue weighted by Gasteiger charge is -2.11. The van der Waals surface area contributed by atoms with E-state index >= 15 is 0 Å². The fourth-order valence-electron chi connectivity index (χ4n) is 1.82. The van der Waals surface area contributed by atoms with Crippen LogP contribution in [-0.2, 0) is 9.53 Å². The van der Waals surface area contributed by atoms with Crippen molar-refractivity contribution >= 4 is 24.0 Å². The molecular weight excluding hydrogens is 268 g/mol. The number of ether oxygens (including phenoxy) is 2. The average Bonchev–Trinajstić information content (AvgIpc) is 2.92. The van der Waals surface area contributed by atoms with Crippen LogP contribution >= 0.6 is 12.4 Å². The van der Waals surface area contributed by atoms with Crippen molar-refractivity contribution in [2.24, 2.45) is 5.73 Å². The zero-order valence-electron chi connectivity index (χ0n) is 10.6. The molecule has 5 nitrogen and oxygen atoms in total. The van der Waals surface area contributed by atoms with Crippen LogP contribution in [0.15, 0.2) is 24.3 Å². The fourth-order valence-corrected chi connectivity index (χ4v) is 1.82. The first-order valence-electron chi connectivity index (χ1n) is 6.15. The van der Waals surface area contributed by atoms with Crippen LogP contribution in [0.3, 0.4) is 0 Å². The third-order valence-corrected chi connectivity index (χ3v) is 2.73. The van der Waals surface area contributed by atoms with Gasteiger partial charge in [-0.25, -0.2) is 0 Å². The number of halogens is 1. The molecule has 1 saturated heterocycles. The van der Waals surface area contributed by atoms with Gasteiger partial charge in [-0.15, -0.1) is 12.4 Å². The Labute approximate surface area is 118 Å². The highest BCUT2D eigenvalue weighted by molar-refractivity contribution is 5.94. The van der Waals surface area contributed by atoms with Gasteiger partial charge in [0.2, 0.25) is 0 Å². The molecule has 3 N–H and O–H groups in total. The molecule has 106 valence electrons. The lowest BCUT2D eigenvalue weighted by molar-refractivity contribution is -0.124. The number of anilines is 1. The Hall–Kier alpha value is -1.30. The summed E-state index contributed by atoms with van der Waals surface area (Å²) in [6.45, 7) is 1.64. The highest BCUT2D eigenvalue weighted by Crippen LogP contribution is 2.18. The Morgan fingerprint density at radius 3 is 2.74 bits per heavy atom. The van der Waals surface area contributed by atoms with Crippen LogP contribution in [-0.4, -0.2) is 31.8 Å². The zero-order chi connectivity index (χ0) is 12.8. The van der Waals surface area contributed by atoms with Gasteiger partial charge < -0.3 is 20.5 Å². The van der Waals surface area contributed by atoms with Crippen molar-refractivity contribution in [2.75, 3.05) is 25.1 Å². The molecular formula is C13H19ClN2O3. The summed E-state index contributed by atoms with van der Waals surface area (Å²) in [4.78, 5) is 11.8. The molecule has 1 aliphatic heterocycles. The molecule has 1 aliphatic rings. The number of nitrogens with one attached hydrogen (secondary N) is 1. The molecule has 1 fully saturated rings. The minimum Gasteiger partial charge on any atom is -0.492 e. The van der Waals surface area contributed by atoms with Crippen LogP contribution in [0.25, 0.3) is 0 Å². The van der Waals surface area contributed by atoms with Gasteiger partial charge >= 0.3 is 0 Å². The van der Waals surface area contributed by atoms with Gasteiger partial charge in [-0.1, -0.05) is 0 Å². The minimum absolute atomic E-state index is 0. The predicted octanol–water partition coefficient (Wildman–Crippen LogP) is 1.56. The molecule has 1 aromatic carbocycles. The summed E-state index contributed by atoms with van der Waals surface area (Å²) in [5.74, 6) is 0.665. The van der Waals surface area contributed by atoms with E-state index in [2.05, 4.69) is 5.32 Å². The van der Waals surface area contributed by atoms with E-state index in [1.807, 2.05) is 0 Å². The number of hydrogen-bond acceptors (Lipinski definition) is 4. The number of carbonyl (C=O) groups excluding carboxylic acids is 1. The second kappa shape index (κ2) is 7.99. The van der Waals surface area contributed by atoms with Crippen molar-refractivity contribution in [3.05, 3.63) is 24.3 Å². The molecule has 2 rings (SSSR count). The van der Waals surface area contributed by atoms with Gasteiger partial charge in [-0.05, 0) is 37.1 Å². The van der Waals surface area contributed by atoms with E-state index in [0.29, 0.717) is 19.8 Å². The van der Waals surface area contributed by atoms with Crippen molar-refractivity contribution < 1.29 is 14.3 Å². The lowest BCUT2D eigenvalue weighted by atomic mass is 10.2. The summed E-state index contributed by atoms with van der Waals surface area (Å²) in [5, 5.41) is 2.82. The van der Waals surface area contributed by atoms with Gasteiger partial charge in [0, 0.05) is 18.8 Å². The second-order valence-corrected chi connectivity index (χ2v) is 4.15. The van der Waals surface area contributed by atoms with Crippen LogP contribution in [0.1, 0.15) is 12.8 Å². The van der Waals surface area contributed by atoms with Gasteiger partial charge in [0.25, 0.3) is 5.91 Å². The molecule has 19 heavy (non-hydrogen) atoms. The second-order valence-electron chi connectivity index (χ2n) is 4.15. The van der Waals surface area contributed by atoms with Gasteiger partial charge in [0.05, 0.1) is 0 Å². The van der Waals surface area contributed by atoms with Gasteiger partial charge in [0.1, 0.15) is 18.5 Å². The molecule has 0 spiro atoms. The third-order valence-electron chi connectivity index (χ3n) is 2.73. The Morgan fingerprint density at radius 1 is 1.42 bits per heavy atom. The maximum absolute atomic E-state index is 11.8. The van der Waals surface area contributed by atoms with Gasteiger partial charge in [-0.2, -0.15) is 0 Å². The van der Waals surface area contributed by atoms with E-state index in [4.69, 9.17) is 15.2 Å². The number of nitrogens with two attached hydrogens (primary N) is 1. The molecule has 1 atom stereocenters. The smallest absolute Gasteiger partial charge is 0.253 e. The molecule has 0 unspecified atom stereocenters. The van der Waals surface area contributed by atoms with Crippen LogP contribution in [0.5, 0.6) is 5.75 Å². The summed E-state index contributed by atoms with van der Waals surface area (Å²) in [7, 11) is 0. The molecule has 1 aromatic rings. The summed E-state index contributed by atoms with van der Waals surface area (Å²) < 4.78 is 10.7. The fraction of sp³-hybridized carbons (Fsp3) is 0.462. The first kappa shape index (κ1) is 15.8. The molecule has 6 heteroatoms. The van der Waals surface area contributed by atoms with Crippen molar-refractivity contribution in [3.63, 3.8) is 0 Å². The van der Waals surface area contributed by atoms with E-state index in [1.54, 1.807) is 24.3 Å². The van der Waals surface area contributed by atoms with E-state index < -0.39 is 0 Å². The molecule has 1 amide bonds. The Kier molecular flexibility index (Phi) is 6.62. The van der Waals surface area contributed by atoms with Crippen LogP contribution in [0.2, 0.25) is 0 Å². The largest absolute Gasteiger partial charge is 0.492 e. The Balaban J connectivity index is 0.00000180. The van der Waals surface area contributed by atoms with Gasteiger partial charge in [-0.3, -0.25) is 4.79 Å². The van der Waals surface area contributed by atoms with Crippen molar-refractivity contribution in [1.82, 2.24) is 0 Å². The first-order valence-corrected chi connectivity index (χ1v) is 6.15. The topological polar surface area (TPSA) is 73.6 Å². The summed E-state index contributed by atoms with van der Waals surface area (Å²) in [6.07, 6.45) is 1.44. The number of rotatable bonds is 5. The van der Waals surface area contributed by atoms with E-state index in [1.165, 1.54) is 0 Å². The molecule has 0 aliphatic carbocycles. The summed E-state index contributed by atoms with van der Waals surface area (Å²) in [5.41, 5.74) is 6.09. The van der Waals surface area contributed by atoms with Crippen molar-refractivity contribution in [3.8, 4) is 5.75 Å². The number of amides is 1. The Bertz CT molecular complexity index is 391. The zero-order valence-corrected chi connectivity index (χ0v) is 11.4. The molecule has 0 radical (unpaired) electrons. The van der Waals surface area contributed by atoms with E-state index in [9.17, 15) is 4.79 Å². The SMILES string of the molecule is Cl.NCCOc1ccc(NC(=O)[C@@H]2CCCO2)cc1. The number of carbonyl (C=O) groups is 1. The maximum Gasteiger partial charge on any atom is 0.253 e.